The molecular formula is C19H16N2O5S. The van der Waals surface area contributed by atoms with Crippen molar-refractivity contribution in [2.45, 2.75) is 22.6 Å². The molecule has 0 unspecified atom stereocenters. The molecule has 1 saturated heterocycles. The van der Waals surface area contributed by atoms with Crippen molar-refractivity contribution in [1.82, 2.24) is 0 Å². The van der Waals surface area contributed by atoms with E-state index in [4.69, 9.17) is 4.74 Å². The third-order valence-electron chi connectivity index (χ3n) is 4.48. The standard InChI is InChI=1S/C19H16N2O5S/c22-13-7-5-12(6-8-13)20-16(23)11-26-18(25)19-10-9-17(24)21(19)14-3-1-2-4-15(14)27-19/h1-8,22H,9-11H2,(H,20,23)/t19-/m0/s1. The number of carbonyl (C=O) groups excluding carboxylic acids is 3. The van der Waals surface area contributed by atoms with Crippen LogP contribution in [-0.4, -0.2) is 34.4 Å². The van der Waals surface area contributed by atoms with E-state index in [1.54, 1.807) is 6.07 Å². The van der Waals surface area contributed by atoms with E-state index in [1.165, 1.54) is 40.9 Å². The van der Waals surface area contributed by atoms with Crippen molar-refractivity contribution in [3.05, 3.63) is 48.5 Å². The van der Waals surface area contributed by atoms with Crippen LogP contribution in [0.5, 0.6) is 5.75 Å². The van der Waals surface area contributed by atoms with Crippen molar-refractivity contribution in [2.75, 3.05) is 16.8 Å². The lowest BCUT2D eigenvalue weighted by Gasteiger charge is -2.28. The first-order valence-electron chi connectivity index (χ1n) is 8.37. The molecule has 138 valence electrons. The lowest BCUT2D eigenvalue weighted by molar-refractivity contribution is -0.149. The smallest absolute Gasteiger partial charge is 0.344 e. The number of ether oxygens (including phenoxy) is 1. The van der Waals surface area contributed by atoms with Crippen molar-refractivity contribution in [3.8, 4) is 5.75 Å². The number of hydrogen-bond acceptors (Lipinski definition) is 6. The number of nitrogens with one attached hydrogen (secondary N) is 1. The third kappa shape index (κ3) is 3.02. The number of phenolic OH excluding ortho intramolecular Hbond substituents is 1. The Balaban J connectivity index is 1.44. The van der Waals surface area contributed by atoms with Gasteiger partial charge in [-0.05, 0) is 36.4 Å². The van der Waals surface area contributed by atoms with E-state index in [-0.39, 0.29) is 18.1 Å². The Bertz CT molecular complexity index is 930. The molecular weight excluding hydrogens is 368 g/mol. The van der Waals surface area contributed by atoms with Crippen LogP contribution < -0.4 is 10.2 Å². The van der Waals surface area contributed by atoms with E-state index in [0.29, 0.717) is 17.8 Å². The van der Waals surface area contributed by atoms with Gasteiger partial charge in [-0.15, -0.1) is 0 Å². The molecule has 1 fully saturated rings. The highest BCUT2D eigenvalue weighted by molar-refractivity contribution is 8.02. The summed E-state index contributed by atoms with van der Waals surface area (Å²) in [5.41, 5.74) is 1.18. The molecule has 0 bridgehead atoms. The van der Waals surface area contributed by atoms with Crippen LogP contribution in [0.1, 0.15) is 12.8 Å². The number of benzene rings is 2. The number of para-hydroxylation sites is 1. The first kappa shape index (κ1) is 17.4. The summed E-state index contributed by atoms with van der Waals surface area (Å²) in [4.78, 5) is 38.4. The van der Waals surface area contributed by atoms with Crippen molar-refractivity contribution >= 4 is 40.9 Å². The second-order valence-electron chi connectivity index (χ2n) is 6.25. The number of carbonyl (C=O) groups is 3. The number of rotatable bonds is 4. The molecule has 27 heavy (non-hydrogen) atoms. The molecule has 0 radical (unpaired) electrons. The average Bonchev–Trinajstić information content (AvgIpc) is 3.17. The van der Waals surface area contributed by atoms with Crippen LogP contribution in [-0.2, 0) is 19.1 Å². The van der Waals surface area contributed by atoms with E-state index in [1.807, 2.05) is 18.2 Å². The normalized spacial score (nSPS) is 20.1. The lowest BCUT2D eigenvalue weighted by Crippen LogP contribution is -2.48. The molecule has 0 aromatic heterocycles. The minimum atomic E-state index is -1.14. The minimum Gasteiger partial charge on any atom is -0.508 e. The van der Waals surface area contributed by atoms with Gasteiger partial charge >= 0.3 is 5.97 Å². The molecule has 2 aromatic rings. The topological polar surface area (TPSA) is 95.9 Å². The van der Waals surface area contributed by atoms with Gasteiger partial charge in [-0.1, -0.05) is 23.9 Å². The molecule has 4 rings (SSSR count). The van der Waals surface area contributed by atoms with Crippen molar-refractivity contribution in [2.24, 2.45) is 0 Å². The first-order valence-corrected chi connectivity index (χ1v) is 9.18. The predicted molar refractivity (Wildman–Crippen MR) is 99.4 cm³/mol. The van der Waals surface area contributed by atoms with Crippen LogP contribution in [0.25, 0.3) is 0 Å². The monoisotopic (exact) mass is 384 g/mol. The molecule has 2 heterocycles. The van der Waals surface area contributed by atoms with Gasteiger partial charge in [-0.2, -0.15) is 0 Å². The fourth-order valence-electron chi connectivity index (χ4n) is 3.26. The Morgan fingerprint density at radius 3 is 2.70 bits per heavy atom. The minimum absolute atomic E-state index is 0.0855. The Morgan fingerprint density at radius 1 is 1.19 bits per heavy atom. The number of phenols is 1. The number of aromatic hydroxyl groups is 1. The Hall–Kier alpha value is -3.00. The fourth-order valence-corrected chi connectivity index (χ4v) is 4.67. The maximum absolute atomic E-state index is 12.8. The maximum Gasteiger partial charge on any atom is 0.344 e. The summed E-state index contributed by atoms with van der Waals surface area (Å²) >= 11 is 1.29. The van der Waals surface area contributed by atoms with Gasteiger partial charge in [0.05, 0.1) is 5.69 Å². The van der Waals surface area contributed by atoms with Gasteiger partial charge in [0.25, 0.3) is 5.91 Å². The summed E-state index contributed by atoms with van der Waals surface area (Å²) in [6, 6.07) is 13.3. The summed E-state index contributed by atoms with van der Waals surface area (Å²) in [5.74, 6) is -1.14. The van der Waals surface area contributed by atoms with E-state index in [2.05, 4.69) is 5.32 Å². The highest BCUT2D eigenvalue weighted by Gasteiger charge is 2.58. The van der Waals surface area contributed by atoms with Gasteiger partial charge < -0.3 is 15.2 Å². The van der Waals surface area contributed by atoms with E-state index < -0.39 is 23.4 Å². The number of thioether (sulfide) groups is 1. The van der Waals surface area contributed by atoms with Crippen LogP contribution in [0, 0.1) is 0 Å². The maximum atomic E-state index is 12.8. The predicted octanol–water partition coefficient (Wildman–Crippen LogP) is 2.50. The van der Waals surface area contributed by atoms with Crippen LogP contribution >= 0.6 is 11.8 Å². The molecule has 2 aliphatic rings. The van der Waals surface area contributed by atoms with Gasteiger partial charge in [0.1, 0.15) is 5.75 Å². The highest BCUT2D eigenvalue weighted by Crippen LogP contribution is 2.56. The first-order chi connectivity index (χ1) is 13.0. The quantitative estimate of drug-likeness (QED) is 0.621. The zero-order valence-electron chi connectivity index (χ0n) is 14.2. The van der Waals surface area contributed by atoms with Crippen LogP contribution in [0.3, 0.4) is 0 Å². The van der Waals surface area contributed by atoms with Gasteiger partial charge in [-0.3, -0.25) is 14.5 Å². The van der Waals surface area contributed by atoms with Crippen molar-refractivity contribution < 1.29 is 24.2 Å². The van der Waals surface area contributed by atoms with Crippen molar-refractivity contribution in [1.29, 1.82) is 0 Å². The molecule has 8 heteroatoms. The van der Waals surface area contributed by atoms with Crippen molar-refractivity contribution in [3.63, 3.8) is 0 Å². The molecule has 0 saturated carbocycles. The zero-order valence-corrected chi connectivity index (χ0v) is 15.0. The number of anilines is 2. The third-order valence-corrected chi connectivity index (χ3v) is 5.93. The van der Waals surface area contributed by atoms with Crippen LogP contribution in [0.2, 0.25) is 0 Å². The molecule has 1 atom stereocenters. The summed E-state index contributed by atoms with van der Waals surface area (Å²) in [7, 11) is 0. The average molecular weight is 384 g/mol. The number of nitrogens with zero attached hydrogens (tertiary/aromatic N) is 1. The molecule has 7 nitrogen and oxygen atoms in total. The summed E-state index contributed by atoms with van der Waals surface area (Å²) in [6.45, 7) is -0.458. The van der Waals surface area contributed by atoms with Gasteiger partial charge in [-0.25, -0.2) is 4.79 Å². The second-order valence-corrected chi connectivity index (χ2v) is 7.57. The van der Waals surface area contributed by atoms with E-state index in [9.17, 15) is 19.5 Å². The molecule has 2 aromatic carbocycles. The van der Waals surface area contributed by atoms with Gasteiger partial charge in [0.15, 0.2) is 11.5 Å². The number of fused-ring (bicyclic) bond motifs is 3. The molecule has 0 aliphatic carbocycles. The lowest BCUT2D eigenvalue weighted by atomic mass is 10.2. The fraction of sp³-hybridized carbons (Fsp3) is 0.211. The number of amides is 2. The summed E-state index contributed by atoms with van der Waals surface area (Å²) < 4.78 is 5.25. The Labute approximate surface area is 159 Å². The SMILES string of the molecule is O=C(COC(=O)[C@@]12CCC(=O)N1c1ccccc1S2)Nc1ccc(O)cc1. The summed E-state index contributed by atoms with van der Waals surface area (Å²) in [6.07, 6.45) is 0.597. The molecule has 2 N–H and O–H groups in total. The second kappa shape index (κ2) is 6.62. The Kier molecular flexibility index (Phi) is 4.27. The molecule has 2 amide bonds. The van der Waals surface area contributed by atoms with E-state index in [0.717, 1.165) is 4.90 Å². The Morgan fingerprint density at radius 2 is 1.93 bits per heavy atom. The largest absolute Gasteiger partial charge is 0.508 e. The number of hydrogen-bond donors (Lipinski definition) is 2. The number of esters is 1. The van der Waals surface area contributed by atoms with Crippen LogP contribution in [0.4, 0.5) is 11.4 Å². The van der Waals surface area contributed by atoms with Crippen LogP contribution in [0.15, 0.2) is 53.4 Å². The zero-order chi connectivity index (χ0) is 19.0. The van der Waals surface area contributed by atoms with Gasteiger partial charge in [0.2, 0.25) is 5.91 Å². The van der Waals surface area contributed by atoms with E-state index >= 15 is 0 Å². The summed E-state index contributed by atoms with van der Waals surface area (Å²) in [5, 5.41) is 11.8. The van der Waals surface area contributed by atoms with Gasteiger partial charge in [0, 0.05) is 23.4 Å². The molecule has 2 aliphatic heterocycles. The molecule has 0 spiro atoms. The highest BCUT2D eigenvalue weighted by atomic mass is 32.2.